The third kappa shape index (κ3) is 2.89. The van der Waals surface area contributed by atoms with Crippen molar-refractivity contribution in [1.29, 1.82) is 0 Å². The largest absolute Gasteiger partial charge is 0.393 e. The Kier molecular flexibility index (Phi) is 3.16. The van der Waals surface area contributed by atoms with Crippen LogP contribution in [0.1, 0.15) is 19.3 Å². The molecule has 0 saturated heterocycles. The molecule has 2 atom stereocenters. The van der Waals surface area contributed by atoms with Crippen molar-refractivity contribution in [2.45, 2.75) is 25.4 Å². The predicted molar refractivity (Wildman–Crippen MR) is 56.0 cm³/mol. The van der Waals surface area contributed by atoms with Crippen LogP contribution in [0.15, 0.2) is 18.2 Å². The molecule has 1 saturated carbocycles. The van der Waals surface area contributed by atoms with E-state index < -0.39 is 5.95 Å². The Morgan fingerprint density at radius 1 is 1.47 bits per heavy atom. The van der Waals surface area contributed by atoms with Crippen molar-refractivity contribution in [2.75, 3.05) is 11.9 Å². The van der Waals surface area contributed by atoms with Crippen molar-refractivity contribution in [1.82, 2.24) is 4.98 Å². The Bertz CT molecular complexity index is 332. The lowest BCUT2D eigenvalue weighted by molar-refractivity contribution is 0.178. The first kappa shape index (κ1) is 10.4. The highest BCUT2D eigenvalue weighted by molar-refractivity contribution is 5.33. The molecule has 0 bridgehead atoms. The lowest BCUT2D eigenvalue weighted by Gasteiger charge is -2.10. The van der Waals surface area contributed by atoms with E-state index in [2.05, 4.69) is 10.3 Å². The molecule has 82 valence electrons. The number of halogens is 1. The zero-order valence-electron chi connectivity index (χ0n) is 8.49. The summed E-state index contributed by atoms with van der Waals surface area (Å²) in [6, 6.07) is 4.70. The first-order valence-corrected chi connectivity index (χ1v) is 5.28. The van der Waals surface area contributed by atoms with Gasteiger partial charge in [-0.05, 0) is 37.3 Å². The summed E-state index contributed by atoms with van der Waals surface area (Å²) in [7, 11) is 0. The molecule has 2 N–H and O–H groups in total. The van der Waals surface area contributed by atoms with Gasteiger partial charge in [-0.1, -0.05) is 6.07 Å². The summed E-state index contributed by atoms with van der Waals surface area (Å²) in [5.74, 6) is 0.577. The zero-order chi connectivity index (χ0) is 10.7. The van der Waals surface area contributed by atoms with Crippen LogP contribution in [0.4, 0.5) is 10.2 Å². The number of nitrogens with one attached hydrogen (secondary N) is 1. The number of nitrogens with zero attached hydrogens (tertiary/aromatic N) is 1. The minimum Gasteiger partial charge on any atom is -0.393 e. The molecular formula is C11H15FN2O. The molecule has 0 radical (unpaired) electrons. The fraction of sp³-hybridized carbons (Fsp3) is 0.545. The van der Waals surface area contributed by atoms with Crippen LogP contribution in [0.3, 0.4) is 0 Å². The fourth-order valence-electron chi connectivity index (χ4n) is 1.99. The molecule has 2 rings (SSSR count). The van der Waals surface area contributed by atoms with E-state index in [0.717, 1.165) is 25.8 Å². The smallest absolute Gasteiger partial charge is 0.214 e. The van der Waals surface area contributed by atoms with E-state index in [9.17, 15) is 9.50 Å². The minimum absolute atomic E-state index is 0.155. The van der Waals surface area contributed by atoms with Crippen LogP contribution < -0.4 is 5.32 Å². The number of hydrogen-bond donors (Lipinski definition) is 2. The summed E-state index contributed by atoms with van der Waals surface area (Å²) in [4.78, 5) is 3.71. The molecule has 3 nitrogen and oxygen atoms in total. The number of aliphatic hydroxyl groups is 1. The van der Waals surface area contributed by atoms with Gasteiger partial charge in [0.2, 0.25) is 5.95 Å². The van der Waals surface area contributed by atoms with Gasteiger partial charge in [0.1, 0.15) is 5.82 Å². The first-order valence-electron chi connectivity index (χ1n) is 5.28. The normalized spacial score (nSPS) is 25.5. The Morgan fingerprint density at radius 2 is 2.33 bits per heavy atom. The highest BCUT2D eigenvalue weighted by Crippen LogP contribution is 2.25. The number of aliphatic hydroxyl groups excluding tert-OH is 1. The molecular weight excluding hydrogens is 195 g/mol. The lowest BCUT2D eigenvalue weighted by Crippen LogP contribution is -2.13. The number of hydrogen-bond acceptors (Lipinski definition) is 3. The maximum Gasteiger partial charge on any atom is 0.214 e. The molecule has 2 unspecified atom stereocenters. The van der Waals surface area contributed by atoms with Crippen molar-refractivity contribution >= 4 is 5.82 Å². The number of pyridine rings is 1. The van der Waals surface area contributed by atoms with Gasteiger partial charge < -0.3 is 10.4 Å². The lowest BCUT2D eigenvalue weighted by atomic mass is 10.1. The van der Waals surface area contributed by atoms with Crippen LogP contribution in [-0.2, 0) is 0 Å². The van der Waals surface area contributed by atoms with E-state index in [1.807, 2.05) is 0 Å². The SMILES string of the molecule is OC1CCC(CNc2cccc(F)n2)C1. The first-order chi connectivity index (χ1) is 7.24. The van der Waals surface area contributed by atoms with Crippen molar-refractivity contribution in [2.24, 2.45) is 5.92 Å². The molecule has 1 heterocycles. The summed E-state index contributed by atoms with van der Waals surface area (Å²) >= 11 is 0. The summed E-state index contributed by atoms with van der Waals surface area (Å²) in [5, 5.41) is 12.4. The summed E-state index contributed by atoms with van der Waals surface area (Å²) in [6.45, 7) is 0.757. The van der Waals surface area contributed by atoms with Crippen LogP contribution in [0.5, 0.6) is 0 Å². The molecule has 15 heavy (non-hydrogen) atoms. The summed E-state index contributed by atoms with van der Waals surface area (Å²) in [6.07, 6.45) is 2.59. The van der Waals surface area contributed by atoms with Crippen LogP contribution in [0, 0.1) is 11.9 Å². The highest BCUT2D eigenvalue weighted by atomic mass is 19.1. The number of rotatable bonds is 3. The Hall–Kier alpha value is -1.16. The zero-order valence-corrected chi connectivity index (χ0v) is 8.49. The molecule has 1 aliphatic carbocycles. The van der Waals surface area contributed by atoms with Gasteiger partial charge in [0.15, 0.2) is 0 Å². The average molecular weight is 210 g/mol. The average Bonchev–Trinajstić information content (AvgIpc) is 2.62. The van der Waals surface area contributed by atoms with Gasteiger partial charge in [0, 0.05) is 6.54 Å². The van der Waals surface area contributed by atoms with Gasteiger partial charge in [0.05, 0.1) is 6.10 Å². The van der Waals surface area contributed by atoms with Crippen LogP contribution in [-0.4, -0.2) is 22.7 Å². The number of aromatic nitrogens is 1. The maximum atomic E-state index is 12.7. The topological polar surface area (TPSA) is 45.1 Å². The molecule has 0 spiro atoms. The van der Waals surface area contributed by atoms with Gasteiger partial charge in [-0.15, -0.1) is 0 Å². The van der Waals surface area contributed by atoms with Crippen LogP contribution >= 0.6 is 0 Å². The molecule has 1 fully saturated rings. The Morgan fingerprint density at radius 3 is 3.00 bits per heavy atom. The van der Waals surface area contributed by atoms with Gasteiger partial charge in [0.25, 0.3) is 0 Å². The van der Waals surface area contributed by atoms with Gasteiger partial charge >= 0.3 is 0 Å². The van der Waals surface area contributed by atoms with E-state index in [1.165, 1.54) is 6.07 Å². The van der Waals surface area contributed by atoms with Crippen molar-refractivity contribution in [3.63, 3.8) is 0 Å². The number of anilines is 1. The summed E-state index contributed by atoms with van der Waals surface area (Å²) < 4.78 is 12.7. The third-order valence-corrected chi connectivity index (χ3v) is 2.80. The fourth-order valence-corrected chi connectivity index (χ4v) is 1.99. The van der Waals surface area contributed by atoms with Crippen molar-refractivity contribution in [3.05, 3.63) is 24.1 Å². The second-order valence-corrected chi connectivity index (χ2v) is 4.06. The van der Waals surface area contributed by atoms with E-state index in [0.29, 0.717) is 11.7 Å². The van der Waals surface area contributed by atoms with Crippen molar-refractivity contribution < 1.29 is 9.50 Å². The second kappa shape index (κ2) is 4.57. The van der Waals surface area contributed by atoms with E-state index in [-0.39, 0.29) is 6.10 Å². The van der Waals surface area contributed by atoms with Crippen LogP contribution in [0.25, 0.3) is 0 Å². The van der Waals surface area contributed by atoms with Gasteiger partial charge in [-0.3, -0.25) is 0 Å². The Labute approximate surface area is 88.3 Å². The van der Waals surface area contributed by atoms with Crippen LogP contribution in [0.2, 0.25) is 0 Å². The molecule has 1 aliphatic rings. The predicted octanol–water partition coefficient (Wildman–Crippen LogP) is 1.79. The molecule has 1 aromatic heterocycles. The standard InChI is InChI=1S/C11H15FN2O/c12-10-2-1-3-11(14-10)13-7-8-4-5-9(15)6-8/h1-3,8-9,15H,4-7H2,(H,13,14). The Balaban J connectivity index is 1.83. The molecule has 0 aliphatic heterocycles. The van der Waals surface area contributed by atoms with Crippen molar-refractivity contribution in [3.8, 4) is 0 Å². The minimum atomic E-state index is -0.466. The molecule has 0 aromatic carbocycles. The van der Waals surface area contributed by atoms with E-state index in [1.54, 1.807) is 12.1 Å². The van der Waals surface area contributed by atoms with Gasteiger partial charge in [-0.25, -0.2) is 4.98 Å². The highest BCUT2D eigenvalue weighted by Gasteiger charge is 2.22. The second-order valence-electron chi connectivity index (χ2n) is 4.06. The summed E-state index contributed by atoms with van der Waals surface area (Å²) in [5.41, 5.74) is 0. The van der Waals surface area contributed by atoms with E-state index in [4.69, 9.17) is 0 Å². The molecule has 1 aromatic rings. The van der Waals surface area contributed by atoms with Gasteiger partial charge in [-0.2, -0.15) is 4.39 Å². The molecule has 4 heteroatoms. The monoisotopic (exact) mass is 210 g/mol. The quantitative estimate of drug-likeness (QED) is 0.748. The molecule has 0 amide bonds. The van der Waals surface area contributed by atoms with E-state index >= 15 is 0 Å². The third-order valence-electron chi connectivity index (χ3n) is 2.80. The maximum absolute atomic E-state index is 12.7.